The summed E-state index contributed by atoms with van der Waals surface area (Å²) in [6, 6.07) is 14.9. The molecule has 0 aliphatic heterocycles. The normalized spacial score (nSPS) is 10.4. The van der Waals surface area contributed by atoms with Crippen LogP contribution in [-0.4, -0.2) is 25.6 Å². The SMILES string of the molecule is C=C(C)C(=O)Oc1ccc(-c2cccc(N(C)C(=O)NCCCCCCC)c2)cc1. The van der Waals surface area contributed by atoms with Gasteiger partial charge in [0.15, 0.2) is 0 Å². The average Bonchev–Trinajstić information content (AvgIpc) is 2.76. The van der Waals surface area contributed by atoms with Crippen LogP contribution in [0.25, 0.3) is 11.1 Å². The molecule has 0 radical (unpaired) electrons. The second-order valence-electron chi connectivity index (χ2n) is 7.45. The number of hydrogen-bond donors (Lipinski definition) is 1. The zero-order chi connectivity index (χ0) is 21.9. The van der Waals surface area contributed by atoms with E-state index in [0.717, 1.165) is 29.7 Å². The van der Waals surface area contributed by atoms with Crippen molar-refractivity contribution in [2.24, 2.45) is 0 Å². The van der Waals surface area contributed by atoms with Gasteiger partial charge in [0.2, 0.25) is 0 Å². The number of anilines is 1. The summed E-state index contributed by atoms with van der Waals surface area (Å²) in [6.45, 7) is 8.08. The molecule has 0 aliphatic rings. The smallest absolute Gasteiger partial charge is 0.338 e. The van der Waals surface area contributed by atoms with Crippen LogP contribution < -0.4 is 15.0 Å². The molecule has 0 fully saturated rings. The molecule has 0 saturated heterocycles. The third-order valence-electron chi connectivity index (χ3n) is 4.84. The van der Waals surface area contributed by atoms with Crippen LogP contribution in [0.3, 0.4) is 0 Å². The predicted octanol–water partition coefficient (Wildman–Crippen LogP) is 5.95. The lowest BCUT2D eigenvalue weighted by Crippen LogP contribution is -2.37. The van der Waals surface area contributed by atoms with E-state index >= 15 is 0 Å². The van der Waals surface area contributed by atoms with Gasteiger partial charge >= 0.3 is 12.0 Å². The third kappa shape index (κ3) is 7.07. The molecule has 5 heteroatoms. The van der Waals surface area contributed by atoms with Gasteiger partial charge in [-0.2, -0.15) is 0 Å². The highest BCUT2D eigenvalue weighted by molar-refractivity contribution is 5.92. The molecule has 0 aliphatic carbocycles. The molecule has 0 atom stereocenters. The Labute approximate surface area is 179 Å². The summed E-state index contributed by atoms with van der Waals surface area (Å²) >= 11 is 0. The summed E-state index contributed by atoms with van der Waals surface area (Å²) in [5.74, 6) is 0.0288. The highest BCUT2D eigenvalue weighted by atomic mass is 16.5. The van der Waals surface area contributed by atoms with Gasteiger partial charge < -0.3 is 10.1 Å². The molecular formula is C25H32N2O3. The van der Waals surface area contributed by atoms with Gasteiger partial charge in [-0.25, -0.2) is 9.59 Å². The lowest BCUT2D eigenvalue weighted by atomic mass is 10.0. The molecule has 0 unspecified atom stereocenters. The Bertz CT molecular complexity index is 859. The number of nitrogens with zero attached hydrogens (tertiary/aromatic N) is 1. The van der Waals surface area contributed by atoms with Crippen molar-refractivity contribution in [3.05, 3.63) is 60.7 Å². The summed E-state index contributed by atoms with van der Waals surface area (Å²) in [4.78, 5) is 25.7. The number of carbonyl (C=O) groups excluding carboxylic acids is 2. The molecule has 160 valence electrons. The van der Waals surface area contributed by atoms with Crippen molar-refractivity contribution in [1.82, 2.24) is 5.32 Å². The number of hydrogen-bond acceptors (Lipinski definition) is 3. The highest BCUT2D eigenvalue weighted by Crippen LogP contribution is 2.26. The standard InChI is InChI=1S/C25H32N2O3/c1-5-6-7-8-9-17-26-25(29)27(4)22-12-10-11-21(18-22)20-13-15-23(16-14-20)30-24(28)19(2)3/h10-16,18H,2,5-9,17H2,1,3-4H3,(H,26,29). The fraction of sp³-hybridized carbons (Fsp3) is 0.360. The molecular weight excluding hydrogens is 376 g/mol. The lowest BCUT2D eigenvalue weighted by molar-refractivity contribution is -0.130. The van der Waals surface area contributed by atoms with Gasteiger partial charge in [-0.3, -0.25) is 4.90 Å². The van der Waals surface area contributed by atoms with Crippen molar-refractivity contribution in [3.8, 4) is 16.9 Å². The predicted molar refractivity (Wildman–Crippen MR) is 123 cm³/mol. The molecule has 0 heterocycles. The van der Waals surface area contributed by atoms with Crippen molar-refractivity contribution in [1.29, 1.82) is 0 Å². The molecule has 0 spiro atoms. The second-order valence-corrected chi connectivity index (χ2v) is 7.45. The first kappa shape index (κ1) is 23.2. The Morgan fingerprint density at radius 2 is 1.70 bits per heavy atom. The molecule has 0 bridgehead atoms. The topological polar surface area (TPSA) is 58.6 Å². The van der Waals surface area contributed by atoms with E-state index in [9.17, 15) is 9.59 Å². The van der Waals surface area contributed by atoms with Gasteiger partial charge in [-0.05, 0) is 48.7 Å². The minimum absolute atomic E-state index is 0.107. The Kier molecular flexibility index (Phi) is 9.13. The van der Waals surface area contributed by atoms with E-state index in [1.54, 1.807) is 31.0 Å². The minimum atomic E-state index is -0.442. The number of esters is 1. The number of unbranched alkanes of at least 4 members (excludes halogenated alkanes) is 4. The maximum atomic E-state index is 12.4. The van der Waals surface area contributed by atoms with E-state index in [-0.39, 0.29) is 6.03 Å². The fourth-order valence-corrected chi connectivity index (χ4v) is 2.96. The monoisotopic (exact) mass is 408 g/mol. The van der Waals surface area contributed by atoms with Gasteiger partial charge in [0.25, 0.3) is 0 Å². The van der Waals surface area contributed by atoms with Crippen molar-refractivity contribution in [2.45, 2.75) is 46.0 Å². The fourth-order valence-electron chi connectivity index (χ4n) is 2.96. The van der Waals surface area contributed by atoms with E-state index in [0.29, 0.717) is 17.9 Å². The first-order valence-electron chi connectivity index (χ1n) is 10.5. The molecule has 0 saturated carbocycles. The Morgan fingerprint density at radius 1 is 1.00 bits per heavy atom. The molecule has 2 aromatic rings. The van der Waals surface area contributed by atoms with E-state index < -0.39 is 5.97 Å². The van der Waals surface area contributed by atoms with Gasteiger partial charge in [0.1, 0.15) is 5.75 Å². The molecule has 2 rings (SSSR count). The van der Waals surface area contributed by atoms with E-state index in [2.05, 4.69) is 18.8 Å². The van der Waals surface area contributed by atoms with Crippen molar-refractivity contribution < 1.29 is 14.3 Å². The van der Waals surface area contributed by atoms with Crippen molar-refractivity contribution in [2.75, 3.05) is 18.5 Å². The number of benzene rings is 2. The first-order valence-corrected chi connectivity index (χ1v) is 10.5. The first-order chi connectivity index (χ1) is 14.4. The number of urea groups is 1. The van der Waals surface area contributed by atoms with Crippen molar-refractivity contribution in [3.63, 3.8) is 0 Å². The van der Waals surface area contributed by atoms with Gasteiger partial charge in [-0.15, -0.1) is 0 Å². The average molecular weight is 409 g/mol. The molecule has 30 heavy (non-hydrogen) atoms. The van der Waals surface area contributed by atoms with Crippen LogP contribution in [0.2, 0.25) is 0 Å². The quantitative estimate of drug-likeness (QED) is 0.229. The summed E-state index contributed by atoms with van der Waals surface area (Å²) in [6.07, 6.45) is 5.83. The molecule has 0 aromatic heterocycles. The molecule has 2 aromatic carbocycles. The molecule has 2 amide bonds. The minimum Gasteiger partial charge on any atom is -0.423 e. The maximum absolute atomic E-state index is 12.4. The van der Waals surface area contributed by atoms with E-state index in [4.69, 9.17) is 4.74 Å². The zero-order valence-electron chi connectivity index (χ0n) is 18.2. The molecule has 5 nitrogen and oxygen atoms in total. The zero-order valence-corrected chi connectivity index (χ0v) is 18.2. The van der Waals surface area contributed by atoms with Crippen LogP contribution >= 0.6 is 0 Å². The summed E-state index contributed by atoms with van der Waals surface area (Å²) in [5, 5.41) is 2.98. The third-order valence-corrected chi connectivity index (χ3v) is 4.84. The molecule has 1 N–H and O–H groups in total. The second kappa shape index (κ2) is 11.8. The largest absolute Gasteiger partial charge is 0.423 e. The number of carbonyl (C=O) groups is 2. The van der Waals surface area contributed by atoms with Crippen LogP contribution in [0, 0.1) is 0 Å². The van der Waals surface area contributed by atoms with E-state index in [1.165, 1.54) is 19.3 Å². The van der Waals surface area contributed by atoms with Gasteiger partial charge in [0.05, 0.1) is 0 Å². The Balaban J connectivity index is 1.97. The lowest BCUT2D eigenvalue weighted by Gasteiger charge is -2.19. The number of nitrogens with one attached hydrogen (secondary N) is 1. The van der Waals surface area contributed by atoms with E-state index in [1.807, 2.05) is 36.4 Å². The highest BCUT2D eigenvalue weighted by Gasteiger charge is 2.11. The number of amides is 2. The summed E-state index contributed by atoms with van der Waals surface area (Å²) < 4.78 is 5.23. The maximum Gasteiger partial charge on any atom is 0.338 e. The number of ether oxygens (including phenoxy) is 1. The Hall–Kier alpha value is -3.08. The van der Waals surface area contributed by atoms with Crippen LogP contribution in [0.5, 0.6) is 5.75 Å². The Morgan fingerprint density at radius 3 is 2.37 bits per heavy atom. The van der Waals surface area contributed by atoms with Crippen LogP contribution in [0.1, 0.15) is 46.0 Å². The summed E-state index contributed by atoms with van der Waals surface area (Å²) in [7, 11) is 1.77. The summed E-state index contributed by atoms with van der Waals surface area (Å²) in [5.41, 5.74) is 3.11. The van der Waals surface area contributed by atoms with Crippen LogP contribution in [-0.2, 0) is 4.79 Å². The van der Waals surface area contributed by atoms with Gasteiger partial charge in [-0.1, -0.05) is 63.5 Å². The van der Waals surface area contributed by atoms with Crippen LogP contribution in [0.15, 0.2) is 60.7 Å². The van der Waals surface area contributed by atoms with Crippen molar-refractivity contribution >= 4 is 17.7 Å². The number of rotatable bonds is 10. The van der Waals surface area contributed by atoms with Crippen LogP contribution in [0.4, 0.5) is 10.5 Å². The van der Waals surface area contributed by atoms with Gasteiger partial charge in [0, 0.05) is 24.9 Å².